The van der Waals surface area contributed by atoms with E-state index in [2.05, 4.69) is 0 Å². The third-order valence-electron chi connectivity index (χ3n) is 2.15. The highest BCUT2D eigenvalue weighted by atomic mass is 32.1. The average Bonchev–Trinajstić information content (AvgIpc) is 2.25. The topological polar surface area (TPSA) is 35.2 Å². The fourth-order valence-corrected chi connectivity index (χ4v) is 1.44. The molecule has 0 aromatic heterocycles. The van der Waals surface area contributed by atoms with Crippen LogP contribution in [-0.4, -0.2) is 11.1 Å². The van der Waals surface area contributed by atoms with E-state index in [1.807, 2.05) is 6.92 Å². The van der Waals surface area contributed by atoms with Gasteiger partial charge in [0.1, 0.15) is 16.8 Å². The summed E-state index contributed by atoms with van der Waals surface area (Å²) in [7, 11) is 0. The minimum atomic E-state index is -4.34. The smallest absolute Gasteiger partial charge is 0.416 e. The average molecular weight is 263 g/mol. The Bertz CT molecular complexity index is 389. The van der Waals surface area contributed by atoms with E-state index in [-0.39, 0.29) is 4.99 Å². The van der Waals surface area contributed by atoms with Crippen molar-refractivity contribution in [1.82, 2.24) is 0 Å². The van der Waals surface area contributed by atoms with Gasteiger partial charge in [-0.05, 0) is 30.7 Å². The molecule has 94 valence electrons. The van der Waals surface area contributed by atoms with E-state index in [0.717, 1.165) is 12.1 Å². The molecule has 0 spiro atoms. The second-order valence-corrected chi connectivity index (χ2v) is 3.91. The van der Waals surface area contributed by atoms with Crippen LogP contribution in [0.5, 0.6) is 5.75 Å². The van der Waals surface area contributed by atoms with Gasteiger partial charge in [0.2, 0.25) is 0 Å². The molecule has 0 fully saturated rings. The molecule has 2 nitrogen and oxygen atoms in total. The summed E-state index contributed by atoms with van der Waals surface area (Å²) in [6.07, 6.45) is -4.23. The third kappa shape index (κ3) is 3.89. The first kappa shape index (κ1) is 13.8. The number of halogens is 3. The molecule has 1 aromatic rings. The number of alkyl halides is 3. The van der Waals surface area contributed by atoms with Gasteiger partial charge in [-0.15, -0.1) is 0 Å². The van der Waals surface area contributed by atoms with Gasteiger partial charge in [-0.1, -0.05) is 19.1 Å². The molecule has 1 rings (SSSR count). The highest BCUT2D eigenvalue weighted by Gasteiger charge is 2.30. The molecular weight excluding hydrogens is 251 g/mol. The highest BCUT2D eigenvalue weighted by Crippen LogP contribution is 2.30. The number of hydrogen-bond donors (Lipinski definition) is 1. The predicted molar refractivity (Wildman–Crippen MR) is 62.9 cm³/mol. The predicted octanol–water partition coefficient (Wildman–Crippen LogP) is 3.15. The van der Waals surface area contributed by atoms with Crippen LogP contribution in [0.2, 0.25) is 0 Å². The number of ether oxygens (including phenoxy) is 1. The normalized spacial score (nSPS) is 13.2. The van der Waals surface area contributed by atoms with Crippen LogP contribution >= 0.6 is 12.2 Å². The lowest BCUT2D eigenvalue weighted by Gasteiger charge is -2.16. The zero-order valence-electron chi connectivity index (χ0n) is 9.12. The Balaban J connectivity index is 2.78. The second kappa shape index (κ2) is 5.35. The number of hydrogen-bond acceptors (Lipinski definition) is 2. The lowest BCUT2D eigenvalue weighted by molar-refractivity contribution is -0.137. The van der Waals surface area contributed by atoms with Crippen molar-refractivity contribution in [2.45, 2.75) is 25.6 Å². The largest absolute Gasteiger partial charge is 0.483 e. The SMILES string of the molecule is CCC(Oc1ccc(C(F)(F)F)cc1)C(N)=S. The maximum Gasteiger partial charge on any atom is 0.416 e. The molecular formula is C11H12F3NOS. The van der Waals surface area contributed by atoms with Crippen molar-refractivity contribution in [3.8, 4) is 5.75 Å². The van der Waals surface area contributed by atoms with Gasteiger partial charge in [-0.25, -0.2) is 0 Å². The Morgan fingerprint density at radius 1 is 1.35 bits per heavy atom. The molecule has 0 amide bonds. The van der Waals surface area contributed by atoms with Crippen molar-refractivity contribution >= 4 is 17.2 Å². The Morgan fingerprint density at radius 3 is 2.24 bits per heavy atom. The van der Waals surface area contributed by atoms with Crippen molar-refractivity contribution in [3.63, 3.8) is 0 Å². The van der Waals surface area contributed by atoms with E-state index in [1.165, 1.54) is 12.1 Å². The fraction of sp³-hybridized carbons (Fsp3) is 0.364. The monoisotopic (exact) mass is 263 g/mol. The van der Waals surface area contributed by atoms with Gasteiger partial charge in [0.25, 0.3) is 0 Å². The molecule has 1 unspecified atom stereocenters. The summed E-state index contributed by atoms with van der Waals surface area (Å²) in [5.74, 6) is 0.317. The van der Waals surface area contributed by atoms with E-state index in [0.29, 0.717) is 12.2 Å². The van der Waals surface area contributed by atoms with Crippen molar-refractivity contribution in [2.75, 3.05) is 0 Å². The van der Waals surface area contributed by atoms with Crippen LogP contribution in [0.4, 0.5) is 13.2 Å². The first-order valence-corrected chi connectivity index (χ1v) is 5.38. The van der Waals surface area contributed by atoms with Crippen molar-refractivity contribution in [2.24, 2.45) is 5.73 Å². The second-order valence-electron chi connectivity index (χ2n) is 3.44. The maximum absolute atomic E-state index is 12.3. The van der Waals surface area contributed by atoms with Gasteiger partial charge in [-0.2, -0.15) is 13.2 Å². The van der Waals surface area contributed by atoms with Crippen LogP contribution in [0.25, 0.3) is 0 Å². The zero-order chi connectivity index (χ0) is 13.1. The molecule has 0 saturated heterocycles. The first-order valence-electron chi connectivity index (χ1n) is 4.97. The van der Waals surface area contributed by atoms with E-state index >= 15 is 0 Å². The minimum Gasteiger partial charge on any atom is -0.483 e. The standard InChI is InChI=1S/C11H12F3NOS/c1-2-9(10(15)17)16-8-5-3-7(4-6-8)11(12,13)14/h3-6,9H,2H2,1H3,(H2,15,17). The number of thiocarbonyl (C=S) groups is 1. The fourth-order valence-electron chi connectivity index (χ4n) is 1.23. The summed E-state index contributed by atoms with van der Waals surface area (Å²) < 4.78 is 42.2. The first-order chi connectivity index (χ1) is 7.84. The molecule has 1 aromatic carbocycles. The number of benzene rings is 1. The highest BCUT2D eigenvalue weighted by molar-refractivity contribution is 7.80. The Kier molecular flexibility index (Phi) is 4.34. The molecule has 0 aliphatic carbocycles. The summed E-state index contributed by atoms with van der Waals surface area (Å²) >= 11 is 4.77. The molecule has 0 bridgehead atoms. The van der Waals surface area contributed by atoms with Gasteiger partial charge in [0.15, 0.2) is 0 Å². The lowest BCUT2D eigenvalue weighted by atomic mass is 10.2. The maximum atomic E-state index is 12.3. The molecule has 0 aliphatic rings. The van der Waals surface area contributed by atoms with Gasteiger partial charge >= 0.3 is 6.18 Å². The van der Waals surface area contributed by atoms with E-state index in [4.69, 9.17) is 22.7 Å². The van der Waals surface area contributed by atoms with E-state index in [9.17, 15) is 13.2 Å². The van der Waals surface area contributed by atoms with Gasteiger partial charge < -0.3 is 10.5 Å². The van der Waals surface area contributed by atoms with Gasteiger partial charge in [0.05, 0.1) is 5.56 Å². The van der Waals surface area contributed by atoms with E-state index < -0.39 is 17.8 Å². The number of nitrogens with two attached hydrogens (primary N) is 1. The Hall–Kier alpha value is -1.30. The van der Waals surface area contributed by atoms with Crippen molar-refractivity contribution in [3.05, 3.63) is 29.8 Å². The van der Waals surface area contributed by atoms with Crippen LogP contribution in [0.15, 0.2) is 24.3 Å². The van der Waals surface area contributed by atoms with Crippen LogP contribution < -0.4 is 10.5 Å². The third-order valence-corrected chi connectivity index (χ3v) is 2.41. The molecule has 0 heterocycles. The van der Waals surface area contributed by atoms with Gasteiger partial charge in [0, 0.05) is 0 Å². The Morgan fingerprint density at radius 2 is 1.88 bits per heavy atom. The summed E-state index contributed by atoms with van der Waals surface area (Å²) in [4.78, 5) is 0.187. The van der Waals surface area contributed by atoms with Crippen molar-refractivity contribution < 1.29 is 17.9 Å². The zero-order valence-corrected chi connectivity index (χ0v) is 9.94. The molecule has 2 N–H and O–H groups in total. The summed E-state index contributed by atoms with van der Waals surface area (Å²) in [6.45, 7) is 1.83. The van der Waals surface area contributed by atoms with E-state index in [1.54, 1.807) is 0 Å². The lowest BCUT2D eigenvalue weighted by Crippen LogP contribution is -2.31. The Labute approximate surface area is 103 Å². The molecule has 1 atom stereocenters. The summed E-state index contributed by atoms with van der Waals surface area (Å²) in [6, 6.07) is 4.43. The summed E-state index contributed by atoms with van der Waals surface area (Å²) in [5.41, 5.74) is 4.71. The molecule has 6 heteroatoms. The van der Waals surface area contributed by atoms with Crippen LogP contribution in [0, 0.1) is 0 Å². The van der Waals surface area contributed by atoms with Crippen molar-refractivity contribution in [1.29, 1.82) is 0 Å². The van der Waals surface area contributed by atoms with Crippen LogP contribution in [0.3, 0.4) is 0 Å². The summed E-state index contributed by atoms with van der Waals surface area (Å²) in [5, 5.41) is 0. The minimum absolute atomic E-state index is 0.187. The molecule has 17 heavy (non-hydrogen) atoms. The molecule has 0 radical (unpaired) electrons. The quantitative estimate of drug-likeness (QED) is 0.847. The van der Waals surface area contributed by atoms with Crippen LogP contribution in [-0.2, 0) is 6.18 Å². The molecule has 0 aliphatic heterocycles. The number of rotatable bonds is 4. The van der Waals surface area contributed by atoms with Gasteiger partial charge in [-0.3, -0.25) is 0 Å². The molecule has 0 saturated carbocycles. The van der Waals surface area contributed by atoms with Crippen LogP contribution in [0.1, 0.15) is 18.9 Å².